The first-order valence-electron chi connectivity index (χ1n) is 10.7. The highest BCUT2D eigenvalue weighted by molar-refractivity contribution is 9.10. The van der Waals surface area contributed by atoms with Gasteiger partial charge in [-0.25, -0.2) is 4.98 Å². The lowest BCUT2D eigenvalue weighted by atomic mass is 9.88. The summed E-state index contributed by atoms with van der Waals surface area (Å²) in [4.78, 5) is 29.7. The zero-order valence-corrected chi connectivity index (χ0v) is 21.5. The predicted molar refractivity (Wildman–Crippen MR) is 135 cm³/mol. The summed E-state index contributed by atoms with van der Waals surface area (Å²) >= 11 is 6.86. The molecule has 1 fully saturated rings. The monoisotopic (exact) mass is 575 g/mol. The molecule has 0 amide bonds. The minimum absolute atomic E-state index is 0.185. The van der Waals surface area contributed by atoms with E-state index < -0.39 is 5.97 Å². The largest absolute Gasteiger partial charge is 0.493 e. The number of halogens is 2. The number of carbonyl (C=O) groups excluding carboxylic acids is 1. The van der Waals surface area contributed by atoms with Crippen LogP contribution in [-0.4, -0.2) is 29.0 Å². The van der Waals surface area contributed by atoms with Crippen molar-refractivity contribution in [1.29, 1.82) is 0 Å². The Morgan fingerprint density at radius 2 is 1.94 bits per heavy atom. The van der Waals surface area contributed by atoms with E-state index in [2.05, 4.69) is 37.0 Å². The Morgan fingerprint density at radius 1 is 1.18 bits per heavy atom. The van der Waals surface area contributed by atoms with Crippen LogP contribution in [0.2, 0.25) is 0 Å². The van der Waals surface area contributed by atoms with E-state index in [1.54, 1.807) is 24.4 Å². The molecule has 0 unspecified atom stereocenters. The van der Waals surface area contributed by atoms with Gasteiger partial charge in [-0.1, -0.05) is 35.2 Å². The van der Waals surface area contributed by atoms with Crippen LogP contribution in [0.1, 0.15) is 56.3 Å². The molecule has 4 rings (SSSR count). The van der Waals surface area contributed by atoms with E-state index in [-0.39, 0.29) is 11.5 Å². The first kappa shape index (κ1) is 23.6. The van der Waals surface area contributed by atoms with Crippen molar-refractivity contribution >= 4 is 54.9 Å². The normalized spacial score (nSPS) is 14.7. The number of nitrogens with zero attached hydrogens (tertiary/aromatic N) is 3. The Kier molecular flexibility index (Phi) is 7.29. The van der Waals surface area contributed by atoms with Gasteiger partial charge in [0, 0.05) is 17.3 Å². The summed E-state index contributed by atoms with van der Waals surface area (Å²) in [6, 6.07) is 8.97. The lowest BCUT2D eigenvalue weighted by Crippen LogP contribution is -2.25. The molecule has 172 valence electrons. The lowest BCUT2D eigenvalue weighted by molar-refractivity contribution is -0.132. The Balaban J connectivity index is 1.82. The Labute approximate surface area is 208 Å². The number of hydrogen-bond acceptors (Lipinski definition) is 6. The van der Waals surface area contributed by atoms with E-state index >= 15 is 0 Å². The molecule has 1 heterocycles. The van der Waals surface area contributed by atoms with Crippen LogP contribution in [0.5, 0.6) is 11.5 Å². The Bertz CT molecular complexity index is 1300. The van der Waals surface area contributed by atoms with Gasteiger partial charge in [0.05, 0.1) is 28.7 Å². The molecule has 1 aromatic heterocycles. The van der Waals surface area contributed by atoms with Crippen molar-refractivity contribution in [1.82, 2.24) is 9.66 Å². The third-order valence-corrected chi connectivity index (χ3v) is 6.71. The van der Waals surface area contributed by atoms with E-state index in [9.17, 15) is 9.59 Å². The van der Waals surface area contributed by atoms with Crippen LogP contribution in [0, 0.1) is 0 Å². The van der Waals surface area contributed by atoms with E-state index in [1.807, 2.05) is 12.1 Å². The smallest absolute Gasteiger partial charge is 0.308 e. The van der Waals surface area contributed by atoms with Gasteiger partial charge in [0.25, 0.3) is 5.56 Å². The third-order valence-electron chi connectivity index (χ3n) is 5.62. The van der Waals surface area contributed by atoms with Crippen LogP contribution >= 0.6 is 31.9 Å². The molecule has 0 atom stereocenters. The standard InChI is InChI=1S/C24H23Br2N3O4/c1-14(30)33-22-19(26)10-15(11-21(22)32-2)13-27-29-23(16-6-4-3-5-7-16)28-20-9-8-17(25)12-18(20)24(29)31/h8-13,16H,3-7H2,1-2H3. The van der Waals surface area contributed by atoms with Crippen LogP contribution in [-0.2, 0) is 4.79 Å². The second-order valence-electron chi connectivity index (χ2n) is 7.96. The Morgan fingerprint density at radius 3 is 2.64 bits per heavy atom. The highest BCUT2D eigenvalue weighted by Gasteiger charge is 2.22. The number of ether oxygens (including phenoxy) is 2. The van der Waals surface area contributed by atoms with E-state index in [1.165, 1.54) is 25.1 Å². The van der Waals surface area contributed by atoms with Crippen LogP contribution in [0.15, 0.2) is 49.2 Å². The third kappa shape index (κ3) is 5.19. The maximum Gasteiger partial charge on any atom is 0.308 e. The summed E-state index contributed by atoms with van der Waals surface area (Å²) < 4.78 is 13.4. The fourth-order valence-corrected chi connectivity index (χ4v) is 4.99. The number of methoxy groups -OCH3 is 1. The molecular formula is C24H23Br2N3O4. The number of fused-ring (bicyclic) bond motifs is 1. The molecule has 0 saturated heterocycles. The minimum Gasteiger partial charge on any atom is -0.493 e. The fourth-order valence-electron chi connectivity index (χ4n) is 4.08. The second-order valence-corrected chi connectivity index (χ2v) is 9.73. The maximum atomic E-state index is 13.4. The number of aromatic nitrogens is 2. The fraction of sp³-hybridized carbons (Fsp3) is 0.333. The molecule has 1 aliphatic carbocycles. The van der Waals surface area contributed by atoms with Gasteiger partial charge in [0.1, 0.15) is 5.82 Å². The van der Waals surface area contributed by atoms with Crippen molar-refractivity contribution < 1.29 is 14.3 Å². The Hall–Kier alpha value is -2.52. The van der Waals surface area contributed by atoms with Crippen molar-refractivity contribution in [3.05, 3.63) is 61.0 Å². The number of rotatable bonds is 5. The van der Waals surface area contributed by atoms with Crippen LogP contribution < -0.4 is 15.0 Å². The number of esters is 1. The quantitative estimate of drug-likeness (QED) is 0.218. The topological polar surface area (TPSA) is 82.8 Å². The van der Waals surface area contributed by atoms with Crippen molar-refractivity contribution in [3.63, 3.8) is 0 Å². The molecule has 1 aliphatic rings. The molecule has 2 aromatic carbocycles. The zero-order chi connectivity index (χ0) is 23.5. The summed E-state index contributed by atoms with van der Waals surface area (Å²) in [7, 11) is 1.49. The van der Waals surface area contributed by atoms with E-state index in [4.69, 9.17) is 14.5 Å². The first-order valence-corrected chi connectivity index (χ1v) is 12.3. The van der Waals surface area contributed by atoms with Crippen LogP contribution in [0.3, 0.4) is 0 Å². The summed E-state index contributed by atoms with van der Waals surface area (Å²) in [5.74, 6) is 1.09. The predicted octanol–water partition coefficient (Wildman–Crippen LogP) is 5.79. The maximum absolute atomic E-state index is 13.4. The minimum atomic E-state index is -0.451. The summed E-state index contributed by atoms with van der Waals surface area (Å²) in [5, 5.41) is 5.06. The molecule has 0 radical (unpaired) electrons. The summed E-state index contributed by atoms with van der Waals surface area (Å²) in [5.41, 5.74) is 1.14. The van der Waals surface area contributed by atoms with Crippen molar-refractivity contribution in [2.75, 3.05) is 7.11 Å². The van der Waals surface area contributed by atoms with E-state index in [0.717, 1.165) is 30.2 Å². The molecule has 0 N–H and O–H groups in total. The highest BCUT2D eigenvalue weighted by atomic mass is 79.9. The van der Waals surface area contributed by atoms with Crippen molar-refractivity contribution in [3.8, 4) is 11.5 Å². The molecule has 3 aromatic rings. The number of benzene rings is 2. The van der Waals surface area contributed by atoms with Gasteiger partial charge in [0.2, 0.25) is 0 Å². The number of hydrogen-bond donors (Lipinski definition) is 0. The highest BCUT2D eigenvalue weighted by Crippen LogP contribution is 2.36. The average molecular weight is 577 g/mol. The van der Waals surface area contributed by atoms with Crippen molar-refractivity contribution in [2.24, 2.45) is 5.10 Å². The van der Waals surface area contributed by atoms with Gasteiger partial charge >= 0.3 is 5.97 Å². The van der Waals surface area contributed by atoms with Crippen LogP contribution in [0.4, 0.5) is 0 Å². The van der Waals surface area contributed by atoms with Gasteiger partial charge in [-0.05, 0) is 64.7 Å². The summed E-state index contributed by atoms with van der Waals surface area (Å²) in [6.07, 6.45) is 6.99. The molecule has 33 heavy (non-hydrogen) atoms. The second kappa shape index (κ2) is 10.2. The summed E-state index contributed by atoms with van der Waals surface area (Å²) in [6.45, 7) is 1.32. The molecule has 0 spiro atoms. The van der Waals surface area contributed by atoms with Gasteiger partial charge < -0.3 is 9.47 Å². The molecular weight excluding hydrogens is 554 g/mol. The average Bonchev–Trinajstić information content (AvgIpc) is 2.80. The van der Waals surface area contributed by atoms with Crippen LogP contribution in [0.25, 0.3) is 10.9 Å². The molecule has 0 aliphatic heterocycles. The molecule has 9 heteroatoms. The molecule has 1 saturated carbocycles. The van der Waals surface area contributed by atoms with Gasteiger partial charge in [0.15, 0.2) is 11.5 Å². The van der Waals surface area contributed by atoms with Crippen molar-refractivity contribution in [2.45, 2.75) is 44.9 Å². The number of carbonyl (C=O) groups is 1. The van der Waals surface area contributed by atoms with E-state index in [0.29, 0.717) is 38.3 Å². The SMILES string of the molecule is COc1cc(C=Nn2c(C3CCCCC3)nc3ccc(Br)cc3c2=O)cc(Br)c1OC(C)=O. The lowest BCUT2D eigenvalue weighted by Gasteiger charge is -2.22. The van der Waals surface area contributed by atoms with Gasteiger partial charge in [-0.15, -0.1) is 0 Å². The molecule has 7 nitrogen and oxygen atoms in total. The zero-order valence-electron chi connectivity index (χ0n) is 18.3. The first-order chi connectivity index (χ1) is 15.9. The molecule has 0 bridgehead atoms. The van der Waals surface area contributed by atoms with Gasteiger partial charge in [-0.3, -0.25) is 9.59 Å². The van der Waals surface area contributed by atoms with Gasteiger partial charge in [-0.2, -0.15) is 9.78 Å².